The van der Waals surface area contributed by atoms with Crippen LogP contribution < -0.4 is 0 Å². The molecule has 0 spiro atoms. The van der Waals surface area contributed by atoms with Gasteiger partial charge in [-0.05, 0) is 69.2 Å². The molecular weight excluding hydrogens is 230 g/mol. The molecule has 19 heavy (non-hydrogen) atoms. The first kappa shape index (κ1) is 12.4. The predicted octanol–water partition coefficient (Wildman–Crippen LogP) is 4.55. The molecule has 1 heteroatoms. The zero-order chi connectivity index (χ0) is 13.4. The number of hydrogen-bond donors (Lipinski definition) is 0. The van der Waals surface area contributed by atoms with Crippen molar-refractivity contribution in [2.45, 2.75) is 46.5 Å². The average molecular weight is 251 g/mol. The molecule has 1 nitrogen and oxygen atoms in total. The molecule has 1 aromatic heterocycles. The second-order valence-electron chi connectivity index (χ2n) is 5.78. The van der Waals surface area contributed by atoms with Crippen LogP contribution in [0.3, 0.4) is 0 Å². The molecule has 0 aliphatic heterocycles. The summed E-state index contributed by atoms with van der Waals surface area (Å²) < 4.78 is 0. The van der Waals surface area contributed by atoms with Gasteiger partial charge in [0.05, 0.1) is 5.69 Å². The highest BCUT2D eigenvalue weighted by Crippen LogP contribution is 2.29. The summed E-state index contributed by atoms with van der Waals surface area (Å²) in [5.74, 6) is 0. The van der Waals surface area contributed by atoms with Crippen molar-refractivity contribution in [1.82, 2.24) is 4.98 Å². The Balaban J connectivity index is 2.12. The molecule has 2 aromatic rings. The molecule has 1 aliphatic rings. The van der Waals surface area contributed by atoms with E-state index in [2.05, 4.69) is 45.0 Å². The van der Waals surface area contributed by atoms with Crippen LogP contribution >= 0.6 is 0 Å². The van der Waals surface area contributed by atoms with Crippen LogP contribution in [0.15, 0.2) is 24.3 Å². The smallest absolute Gasteiger partial charge is 0.0710 e. The molecule has 1 heterocycles. The van der Waals surface area contributed by atoms with Crippen LogP contribution in [0.5, 0.6) is 0 Å². The summed E-state index contributed by atoms with van der Waals surface area (Å²) in [4.78, 5) is 4.93. The number of aryl methyl sites for hydroxylation is 5. The maximum Gasteiger partial charge on any atom is 0.0710 e. The van der Waals surface area contributed by atoms with Crippen molar-refractivity contribution in [3.05, 3.63) is 52.2 Å². The zero-order valence-corrected chi connectivity index (χ0v) is 12.1. The number of fused-ring (bicyclic) bond motifs is 1. The molecule has 0 amide bonds. The summed E-state index contributed by atoms with van der Waals surface area (Å²) in [6, 6.07) is 9.00. The van der Waals surface area contributed by atoms with Gasteiger partial charge in [-0.2, -0.15) is 0 Å². The molecule has 0 saturated carbocycles. The quantitative estimate of drug-likeness (QED) is 0.724. The summed E-state index contributed by atoms with van der Waals surface area (Å²) in [7, 11) is 0. The van der Waals surface area contributed by atoms with Crippen LogP contribution in [-0.4, -0.2) is 4.98 Å². The minimum absolute atomic E-state index is 1.15. The van der Waals surface area contributed by atoms with E-state index in [1.165, 1.54) is 52.8 Å². The summed E-state index contributed by atoms with van der Waals surface area (Å²) in [6.07, 6.45) is 4.95. The average Bonchev–Trinajstić information content (AvgIpc) is 2.37. The van der Waals surface area contributed by atoms with Gasteiger partial charge in [-0.25, -0.2) is 0 Å². The van der Waals surface area contributed by atoms with E-state index in [1.807, 2.05) is 0 Å². The van der Waals surface area contributed by atoms with Crippen molar-refractivity contribution in [1.29, 1.82) is 0 Å². The molecule has 1 aliphatic carbocycles. The van der Waals surface area contributed by atoms with Crippen molar-refractivity contribution >= 4 is 0 Å². The van der Waals surface area contributed by atoms with Crippen LogP contribution in [0.1, 0.15) is 40.8 Å². The summed E-state index contributed by atoms with van der Waals surface area (Å²) in [6.45, 7) is 6.54. The van der Waals surface area contributed by atoms with E-state index in [1.54, 1.807) is 0 Å². The van der Waals surface area contributed by atoms with Crippen molar-refractivity contribution in [3.63, 3.8) is 0 Å². The number of aromatic nitrogens is 1. The first-order valence-corrected chi connectivity index (χ1v) is 7.22. The first-order chi connectivity index (χ1) is 9.15. The second kappa shape index (κ2) is 4.80. The van der Waals surface area contributed by atoms with Gasteiger partial charge >= 0.3 is 0 Å². The third kappa shape index (κ3) is 2.30. The van der Waals surface area contributed by atoms with Gasteiger partial charge < -0.3 is 0 Å². The molecule has 0 bridgehead atoms. The summed E-state index contributed by atoms with van der Waals surface area (Å²) in [5, 5.41) is 0. The van der Waals surface area contributed by atoms with E-state index < -0.39 is 0 Å². The highest BCUT2D eigenvalue weighted by atomic mass is 14.7. The van der Waals surface area contributed by atoms with Crippen LogP contribution in [0, 0.1) is 20.8 Å². The predicted molar refractivity (Wildman–Crippen MR) is 80.5 cm³/mol. The van der Waals surface area contributed by atoms with E-state index in [-0.39, 0.29) is 0 Å². The lowest BCUT2D eigenvalue weighted by Gasteiger charge is -2.17. The van der Waals surface area contributed by atoms with E-state index in [0.29, 0.717) is 0 Å². The Kier molecular flexibility index (Phi) is 3.14. The van der Waals surface area contributed by atoms with Gasteiger partial charge in [0.25, 0.3) is 0 Å². The Morgan fingerprint density at radius 2 is 1.58 bits per heavy atom. The van der Waals surface area contributed by atoms with Crippen LogP contribution in [0.4, 0.5) is 0 Å². The summed E-state index contributed by atoms with van der Waals surface area (Å²) in [5.41, 5.74) is 9.24. The molecule has 0 radical (unpaired) electrons. The Bertz CT molecular complexity index is 603. The molecule has 0 saturated heterocycles. The fourth-order valence-electron chi connectivity index (χ4n) is 3.31. The Hall–Kier alpha value is -1.63. The number of rotatable bonds is 1. The molecule has 0 unspecified atom stereocenters. The van der Waals surface area contributed by atoms with Gasteiger partial charge in [0.1, 0.15) is 0 Å². The monoisotopic (exact) mass is 251 g/mol. The van der Waals surface area contributed by atoms with Gasteiger partial charge in [0.2, 0.25) is 0 Å². The van der Waals surface area contributed by atoms with Crippen molar-refractivity contribution < 1.29 is 0 Å². The van der Waals surface area contributed by atoms with E-state index in [4.69, 9.17) is 4.98 Å². The van der Waals surface area contributed by atoms with Gasteiger partial charge in [-0.15, -0.1) is 0 Å². The molecule has 0 N–H and O–H groups in total. The number of nitrogens with zero attached hydrogens (tertiary/aromatic N) is 1. The molecule has 0 atom stereocenters. The molecular formula is C18H21N. The Labute approximate surface area is 115 Å². The van der Waals surface area contributed by atoms with E-state index in [9.17, 15) is 0 Å². The fourth-order valence-corrected chi connectivity index (χ4v) is 3.31. The lowest BCUT2D eigenvalue weighted by molar-refractivity contribution is 0.668. The Morgan fingerprint density at radius 1 is 0.895 bits per heavy atom. The normalized spacial score (nSPS) is 14.3. The largest absolute Gasteiger partial charge is 0.253 e. The van der Waals surface area contributed by atoms with Gasteiger partial charge in [-0.3, -0.25) is 4.98 Å². The maximum absolute atomic E-state index is 4.93. The summed E-state index contributed by atoms with van der Waals surface area (Å²) >= 11 is 0. The van der Waals surface area contributed by atoms with Gasteiger partial charge in [0.15, 0.2) is 0 Å². The minimum Gasteiger partial charge on any atom is -0.253 e. The zero-order valence-electron chi connectivity index (χ0n) is 12.1. The first-order valence-electron chi connectivity index (χ1n) is 7.22. The fraction of sp³-hybridized carbons (Fsp3) is 0.389. The third-order valence-corrected chi connectivity index (χ3v) is 4.11. The van der Waals surface area contributed by atoms with E-state index >= 15 is 0 Å². The highest BCUT2D eigenvalue weighted by molar-refractivity contribution is 5.68. The Morgan fingerprint density at radius 3 is 2.32 bits per heavy atom. The highest BCUT2D eigenvalue weighted by Gasteiger charge is 2.14. The number of benzene rings is 1. The SMILES string of the molecule is Cc1cc(C)c(-c2ccc3c(n2)CCCC3)c(C)c1. The molecule has 3 rings (SSSR count). The number of hydrogen-bond acceptors (Lipinski definition) is 1. The van der Waals surface area contributed by atoms with Gasteiger partial charge in [-0.1, -0.05) is 23.8 Å². The van der Waals surface area contributed by atoms with E-state index in [0.717, 1.165) is 12.1 Å². The van der Waals surface area contributed by atoms with Crippen LogP contribution in [0.25, 0.3) is 11.3 Å². The van der Waals surface area contributed by atoms with Crippen LogP contribution in [0.2, 0.25) is 0 Å². The molecule has 1 aromatic carbocycles. The number of pyridine rings is 1. The van der Waals surface area contributed by atoms with Crippen molar-refractivity contribution in [2.24, 2.45) is 0 Å². The molecule has 98 valence electrons. The maximum atomic E-state index is 4.93. The van der Waals surface area contributed by atoms with Crippen LogP contribution in [-0.2, 0) is 12.8 Å². The topological polar surface area (TPSA) is 12.9 Å². The lowest BCUT2D eigenvalue weighted by atomic mass is 9.93. The minimum atomic E-state index is 1.15. The van der Waals surface area contributed by atoms with Gasteiger partial charge in [0, 0.05) is 11.3 Å². The standard InChI is InChI=1S/C18H21N/c1-12-10-13(2)18(14(3)11-12)17-9-8-15-6-4-5-7-16(15)19-17/h8-11H,4-7H2,1-3H3. The second-order valence-corrected chi connectivity index (χ2v) is 5.78. The third-order valence-electron chi connectivity index (χ3n) is 4.11. The van der Waals surface area contributed by atoms with Crippen molar-refractivity contribution in [3.8, 4) is 11.3 Å². The van der Waals surface area contributed by atoms with Crippen molar-refractivity contribution in [2.75, 3.05) is 0 Å². The molecule has 0 fully saturated rings. The lowest BCUT2D eigenvalue weighted by Crippen LogP contribution is -2.06.